The molecule has 0 atom stereocenters. The summed E-state index contributed by atoms with van der Waals surface area (Å²) in [6, 6.07) is 6.51. The number of piperazine rings is 1. The van der Waals surface area contributed by atoms with Crippen LogP contribution in [0.1, 0.15) is 12.2 Å². The van der Waals surface area contributed by atoms with Gasteiger partial charge < -0.3 is 20.1 Å². The Morgan fingerprint density at radius 1 is 1.21 bits per heavy atom. The molecular weight excluding hydrogens is 309 g/mol. The van der Waals surface area contributed by atoms with Gasteiger partial charge in [-0.05, 0) is 24.3 Å². The van der Waals surface area contributed by atoms with Crippen molar-refractivity contribution in [2.75, 3.05) is 37.6 Å². The molecule has 6 nitrogen and oxygen atoms in total. The van der Waals surface area contributed by atoms with Gasteiger partial charge in [0.2, 0.25) is 5.91 Å². The lowest BCUT2D eigenvalue weighted by atomic mass is 10.2. The van der Waals surface area contributed by atoms with Gasteiger partial charge in [-0.1, -0.05) is 0 Å². The Balaban J connectivity index is 1.37. The highest BCUT2D eigenvalue weighted by molar-refractivity contribution is 5.76. The number of aromatic nitrogens is 2. The van der Waals surface area contributed by atoms with Crippen molar-refractivity contribution in [3.8, 4) is 0 Å². The fourth-order valence-corrected chi connectivity index (χ4v) is 2.82. The van der Waals surface area contributed by atoms with Gasteiger partial charge in [0.05, 0.1) is 6.54 Å². The molecule has 0 unspecified atom stereocenters. The minimum Gasteiger partial charge on any atom is -0.368 e. The van der Waals surface area contributed by atoms with Gasteiger partial charge in [-0.2, -0.15) is 0 Å². The largest absolute Gasteiger partial charge is 0.368 e. The minimum absolute atomic E-state index is 0.167. The summed E-state index contributed by atoms with van der Waals surface area (Å²) in [5.74, 6) is 0.811. The first-order valence-corrected chi connectivity index (χ1v) is 8.19. The van der Waals surface area contributed by atoms with E-state index in [4.69, 9.17) is 0 Å². The molecule has 3 rings (SSSR count). The summed E-state index contributed by atoms with van der Waals surface area (Å²) in [7, 11) is 0. The van der Waals surface area contributed by atoms with E-state index in [0.29, 0.717) is 32.6 Å². The number of halogens is 1. The number of nitrogens with zero attached hydrogens (tertiary/aromatic N) is 3. The third-order valence-corrected chi connectivity index (χ3v) is 4.19. The highest BCUT2D eigenvalue weighted by Gasteiger charge is 2.20. The van der Waals surface area contributed by atoms with E-state index in [-0.39, 0.29) is 11.7 Å². The molecule has 0 saturated carbocycles. The van der Waals surface area contributed by atoms with E-state index in [1.54, 1.807) is 24.5 Å². The molecule has 0 aliphatic carbocycles. The maximum Gasteiger partial charge on any atom is 0.223 e. The quantitative estimate of drug-likeness (QED) is 0.785. The average molecular weight is 331 g/mol. The monoisotopic (exact) mass is 331 g/mol. The topological polar surface area (TPSA) is 64.3 Å². The third kappa shape index (κ3) is 4.32. The molecule has 1 fully saturated rings. The van der Waals surface area contributed by atoms with Crippen LogP contribution in [0.4, 0.5) is 10.1 Å². The van der Waals surface area contributed by atoms with Crippen LogP contribution in [0.15, 0.2) is 36.7 Å². The van der Waals surface area contributed by atoms with Crippen LogP contribution in [-0.2, 0) is 11.3 Å². The highest BCUT2D eigenvalue weighted by atomic mass is 19.1. The number of anilines is 1. The van der Waals surface area contributed by atoms with E-state index in [2.05, 4.69) is 20.2 Å². The zero-order chi connectivity index (χ0) is 16.8. The van der Waals surface area contributed by atoms with Crippen LogP contribution in [0.2, 0.25) is 0 Å². The van der Waals surface area contributed by atoms with E-state index >= 15 is 0 Å². The van der Waals surface area contributed by atoms with Crippen LogP contribution < -0.4 is 10.2 Å². The molecular formula is C17H22FN5O. The van der Waals surface area contributed by atoms with E-state index in [1.807, 2.05) is 4.90 Å². The molecule has 1 aliphatic heterocycles. The van der Waals surface area contributed by atoms with Crippen LogP contribution in [0, 0.1) is 5.82 Å². The molecule has 24 heavy (non-hydrogen) atoms. The number of nitrogens with one attached hydrogen (secondary N) is 2. The van der Waals surface area contributed by atoms with Gasteiger partial charge in [0, 0.05) is 57.2 Å². The van der Waals surface area contributed by atoms with Crippen molar-refractivity contribution >= 4 is 11.6 Å². The van der Waals surface area contributed by atoms with Crippen molar-refractivity contribution in [2.45, 2.75) is 13.0 Å². The lowest BCUT2D eigenvalue weighted by Crippen LogP contribution is -2.49. The van der Waals surface area contributed by atoms with E-state index in [9.17, 15) is 9.18 Å². The molecule has 0 radical (unpaired) electrons. The molecule has 128 valence electrons. The van der Waals surface area contributed by atoms with Crippen molar-refractivity contribution < 1.29 is 9.18 Å². The summed E-state index contributed by atoms with van der Waals surface area (Å²) >= 11 is 0. The molecule has 1 aromatic carbocycles. The number of hydrogen-bond acceptors (Lipinski definition) is 4. The third-order valence-electron chi connectivity index (χ3n) is 4.19. The van der Waals surface area contributed by atoms with Gasteiger partial charge in [0.15, 0.2) is 0 Å². The first-order valence-electron chi connectivity index (χ1n) is 8.19. The summed E-state index contributed by atoms with van der Waals surface area (Å²) in [6.45, 7) is 4.23. The number of H-pyrrole nitrogens is 1. The average Bonchev–Trinajstić information content (AvgIpc) is 3.13. The smallest absolute Gasteiger partial charge is 0.223 e. The van der Waals surface area contributed by atoms with Crippen LogP contribution in [0.5, 0.6) is 0 Å². The molecule has 2 aromatic rings. The van der Waals surface area contributed by atoms with E-state index < -0.39 is 0 Å². The van der Waals surface area contributed by atoms with Crippen LogP contribution >= 0.6 is 0 Å². The first kappa shape index (κ1) is 16.4. The van der Waals surface area contributed by atoms with E-state index in [1.165, 1.54) is 12.1 Å². The molecule has 2 heterocycles. The van der Waals surface area contributed by atoms with Crippen molar-refractivity contribution in [2.24, 2.45) is 0 Å². The number of imidazole rings is 1. The second kappa shape index (κ2) is 7.92. The lowest BCUT2D eigenvalue weighted by Gasteiger charge is -2.36. The Morgan fingerprint density at radius 3 is 2.62 bits per heavy atom. The normalized spacial score (nSPS) is 14.9. The maximum absolute atomic E-state index is 13.0. The van der Waals surface area contributed by atoms with Crippen LogP contribution in [-0.4, -0.2) is 53.5 Å². The van der Waals surface area contributed by atoms with E-state index in [0.717, 1.165) is 24.6 Å². The Hall–Kier alpha value is -2.41. The summed E-state index contributed by atoms with van der Waals surface area (Å²) in [5.41, 5.74) is 1.00. The number of carbonyl (C=O) groups is 1. The minimum atomic E-state index is -0.227. The predicted molar refractivity (Wildman–Crippen MR) is 90.1 cm³/mol. The molecule has 1 aliphatic rings. The van der Waals surface area contributed by atoms with Crippen LogP contribution in [0.3, 0.4) is 0 Å². The second-order valence-corrected chi connectivity index (χ2v) is 5.81. The lowest BCUT2D eigenvalue weighted by molar-refractivity contribution is -0.131. The molecule has 0 bridgehead atoms. The number of benzene rings is 1. The van der Waals surface area contributed by atoms with Crippen molar-refractivity contribution in [3.05, 3.63) is 48.3 Å². The summed E-state index contributed by atoms with van der Waals surface area (Å²) in [6.07, 6.45) is 3.97. The number of aromatic amines is 1. The molecule has 2 N–H and O–H groups in total. The van der Waals surface area contributed by atoms with Gasteiger partial charge in [0.1, 0.15) is 11.6 Å². The highest BCUT2D eigenvalue weighted by Crippen LogP contribution is 2.17. The maximum atomic E-state index is 13.0. The molecule has 1 amide bonds. The number of hydrogen-bond donors (Lipinski definition) is 2. The summed E-state index contributed by atoms with van der Waals surface area (Å²) < 4.78 is 13.0. The van der Waals surface area contributed by atoms with Crippen molar-refractivity contribution in [1.29, 1.82) is 0 Å². The Morgan fingerprint density at radius 2 is 1.96 bits per heavy atom. The van der Waals surface area contributed by atoms with Crippen molar-refractivity contribution in [3.63, 3.8) is 0 Å². The zero-order valence-electron chi connectivity index (χ0n) is 13.5. The SMILES string of the molecule is O=C(CCNCc1ncc[nH]1)N1CCN(c2ccc(F)cc2)CC1. The Bertz CT molecular complexity index is 636. The van der Waals surface area contributed by atoms with Gasteiger partial charge in [-0.25, -0.2) is 9.37 Å². The zero-order valence-corrected chi connectivity index (χ0v) is 13.5. The van der Waals surface area contributed by atoms with Gasteiger partial charge in [-0.3, -0.25) is 4.79 Å². The molecule has 7 heteroatoms. The fourth-order valence-electron chi connectivity index (χ4n) is 2.82. The van der Waals surface area contributed by atoms with Gasteiger partial charge in [-0.15, -0.1) is 0 Å². The van der Waals surface area contributed by atoms with Gasteiger partial charge in [0.25, 0.3) is 0 Å². The molecule has 1 saturated heterocycles. The Kier molecular flexibility index (Phi) is 5.43. The number of carbonyl (C=O) groups excluding carboxylic acids is 1. The first-order chi connectivity index (χ1) is 11.7. The van der Waals surface area contributed by atoms with Crippen molar-refractivity contribution in [1.82, 2.24) is 20.2 Å². The number of rotatable bonds is 6. The number of amides is 1. The Labute approximate surface area is 140 Å². The fraction of sp³-hybridized carbons (Fsp3) is 0.412. The standard InChI is InChI=1S/C17H22FN5O/c18-14-1-3-15(4-2-14)22-9-11-23(12-10-22)17(24)5-6-19-13-16-20-7-8-21-16/h1-4,7-8,19H,5-6,9-13H2,(H,20,21). The summed E-state index contributed by atoms with van der Waals surface area (Å²) in [5, 5.41) is 3.21. The van der Waals surface area contributed by atoms with Gasteiger partial charge >= 0.3 is 0 Å². The summed E-state index contributed by atoms with van der Waals surface area (Å²) in [4.78, 5) is 23.5. The predicted octanol–water partition coefficient (Wildman–Crippen LogP) is 1.38. The molecule has 0 spiro atoms. The molecule has 1 aromatic heterocycles. The van der Waals surface area contributed by atoms with Crippen LogP contribution in [0.25, 0.3) is 0 Å². The second-order valence-electron chi connectivity index (χ2n) is 5.81.